The van der Waals surface area contributed by atoms with Crippen molar-refractivity contribution in [3.05, 3.63) is 29.8 Å². The zero-order valence-corrected chi connectivity index (χ0v) is 17.7. The van der Waals surface area contributed by atoms with E-state index in [4.69, 9.17) is 0 Å². The zero-order valence-electron chi connectivity index (χ0n) is 17.7. The van der Waals surface area contributed by atoms with Crippen molar-refractivity contribution in [2.24, 2.45) is 11.3 Å². The Labute approximate surface area is 168 Å². The predicted molar refractivity (Wildman–Crippen MR) is 111 cm³/mol. The largest absolute Gasteiger partial charge is 0.342 e. The molecule has 0 bridgehead atoms. The van der Waals surface area contributed by atoms with Gasteiger partial charge in [-0.05, 0) is 44.9 Å². The molecule has 0 aromatic heterocycles. The first-order valence-corrected chi connectivity index (χ1v) is 10.2. The molecular formula is C22H33N3O3. The van der Waals surface area contributed by atoms with E-state index in [-0.39, 0.29) is 23.6 Å². The van der Waals surface area contributed by atoms with E-state index in [1.54, 1.807) is 29.2 Å². The molecule has 2 rings (SSSR count). The molecule has 154 valence electrons. The van der Waals surface area contributed by atoms with Gasteiger partial charge in [0.1, 0.15) is 0 Å². The van der Waals surface area contributed by atoms with Crippen LogP contribution in [-0.4, -0.2) is 53.7 Å². The zero-order chi connectivity index (χ0) is 20.9. The third-order valence-corrected chi connectivity index (χ3v) is 5.22. The minimum absolute atomic E-state index is 0.0323. The number of likely N-dealkylation sites (tertiary alicyclic amines) is 1. The van der Waals surface area contributed by atoms with Gasteiger partial charge in [0, 0.05) is 48.8 Å². The molecular weight excluding hydrogens is 354 g/mol. The average molecular weight is 388 g/mol. The number of anilines is 1. The number of hydrogen-bond acceptors (Lipinski definition) is 3. The number of nitrogens with zero attached hydrogens (tertiary/aromatic N) is 2. The minimum Gasteiger partial charge on any atom is -0.342 e. The highest BCUT2D eigenvalue weighted by Gasteiger charge is 2.32. The molecule has 1 aromatic carbocycles. The molecule has 1 fully saturated rings. The van der Waals surface area contributed by atoms with Gasteiger partial charge in [0.05, 0.1) is 0 Å². The second-order valence-electron chi connectivity index (χ2n) is 8.36. The molecule has 1 aliphatic heterocycles. The van der Waals surface area contributed by atoms with Crippen LogP contribution < -0.4 is 5.32 Å². The highest BCUT2D eigenvalue weighted by atomic mass is 16.2. The summed E-state index contributed by atoms with van der Waals surface area (Å²) in [6.07, 6.45) is 1.32. The maximum atomic E-state index is 12.7. The van der Waals surface area contributed by atoms with Crippen molar-refractivity contribution in [1.82, 2.24) is 9.80 Å². The van der Waals surface area contributed by atoms with Crippen molar-refractivity contribution in [2.45, 2.75) is 47.5 Å². The van der Waals surface area contributed by atoms with E-state index in [9.17, 15) is 14.4 Å². The Balaban J connectivity index is 1.96. The van der Waals surface area contributed by atoms with Crippen LogP contribution in [0.4, 0.5) is 5.69 Å². The molecule has 3 amide bonds. The van der Waals surface area contributed by atoms with Crippen LogP contribution in [0.15, 0.2) is 24.3 Å². The molecule has 0 aliphatic carbocycles. The number of rotatable bonds is 5. The molecule has 6 nitrogen and oxygen atoms in total. The van der Waals surface area contributed by atoms with Crippen molar-refractivity contribution in [2.75, 3.05) is 31.5 Å². The second kappa shape index (κ2) is 9.22. The van der Waals surface area contributed by atoms with E-state index in [1.165, 1.54) is 0 Å². The Hall–Kier alpha value is -2.37. The quantitative estimate of drug-likeness (QED) is 0.842. The summed E-state index contributed by atoms with van der Waals surface area (Å²) in [6.45, 7) is 12.2. The van der Waals surface area contributed by atoms with Gasteiger partial charge in [-0.3, -0.25) is 14.4 Å². The molecule has 0 atom stereocenters. The summed E-state index contributed by atoms with van der Waals surface area (Å²) in [5, 5.41) is 2.94. The molecule has 28 heavy (non-hydrogen) atoms. The van der Waals surface area contributed by atoms with Crippen molar-refractivity contribution in [3.8, 4) is 0 Å². The molecule has 6 heteroatoms. The molecule has 0 spiro atoms. The summed E-state index contributed by atoms with van der Waals surface area (Å²) in [4.78, 5) is 41.2. The van der Waals surface area contributed by atoms with Crippen LogP contribution in [0, 0.1) is 11.3 Å². The van der Waals surface area contributed by atoms with Gasteiger partial charge in [-0.1, -0.05) is 26.8 Å². The fourth-order valence-corrected chi connectivity index (χ4v) is 3.49. The summed E-state index contributed by atoms with van der Waals surface area (Å²) in [7, 11) is 0. The number of piperidine rings is 1. The number of carbonyl (C=O) groups is 3. The topological polar surface area (TPSA) is 69.7 Å². The first kappa shape index (κ1) is 21.9. The SMILES string of the molecule is CCN(CC)C(=O)c1cccc(NC(=O)C2CCN(C(=O)C(C)(C)C)CC2)c1. The summed E-state index contributed by atoms with van der Waals surface area (Å²) < 4.78 is 0. The van der Waals surface area contributed by atoms with Crippen molar-refractivity contribution in [3.63, 3.8) is 0 Å². The van der Waals surface area contributed by atoms with Crippen LogP contribution in [0.3, 0.4) is 0 Å². The van der Waals surface area contributed by atoms with Crippen LogP contribution in [0.2, 0.25) is 0 Å². The number of amides is 3. The van der Waals surface area contributed by atoms with Crippen LogP contribution in [0.25, 0.3) is 0 Å². The normalized spacial score (nSPS) is 15.2. The summed E-state index contributed by atoms with van der Waals surface area (Å²) >= 11 is 0. The maximum absolute atomic E-state index is 12.7. The van der Waals surface area contributed by atoms with Gasteiger partial charge in [-0.2, -0.15) is 0 Å². The van der Waals surface area contributed by atoms with Crippen molar-refractivity contribution < 1.29 is 14.4 Å². The van der Waals surface area contributed by atoms with Crippen LogP contribution >= 0.6 is 0 Å². The van der Waals surface area contributed by atoms with Crippen LogP contribution in [0.1, 0.15) is 57.8 Å². The highest BCUT2D eigenvalue weighted by Crippen LogP contribution is 2.24. The lowest BCUT2D eigenvalue weighted by Gasteiger charge is -2.35. The Morgan fingerprint density at radius 3 is 2.25 bits per heavy atom. The Morgan fingerprint density at radius 2 is 1.71 bits per heavy atom. The van der Waals surface area contributed by atoms with Gasteiger partial charge in [-0.25, -0.2) is 0 Å². The number of hydrogen-bond donors (Lipinski definition) is 1. The minimum atomic E-state index is -0.396. The Kier molecular flexibility index (Phi) is 7.22. The lowest BCUT2D eigenvalue weighted by atomic mass is 9.90. The first-order valence-electron chi connectivity index (χ1n) is 10.2. The van der Waals surface area contributed by atoms with E-state index in [0.717, 1.165) is 0 Å². The van der Waals surface area contributed by atoms with Gasteiger partial charge < -0.3 is 15.1 Å². The molecule has 1 saturated heterocycles. The predicted octanol–water partition coefficient (Wildman–Crippen LogP) is 3.39. The lowest BCUT2D eigenvalue weighted by Crippen LogP contribution is -2.45. The fourth-order valence-electron chi connectivity index (χ4n) is 3.49. The van der Waals surface area contributed by atoms with Crippen LogP contribution in [0.5, 0.6) is 0 Å². The summed E-state index contributed by atoms with van der Waals surface area (Å²) in [5.41, 5.74) is 0.815. The van der Waals surface area contributed by atoms with E-state index < -0.39 is 5.41 Å². The Bertz CT molecular complexity index is 712. The van der Waals surface area contributed by atoms with E-state index in [0.29, 0.717) is 50.3 Å². The van der Waals surface area contributed by atoms with Gasteiger partial charge in [-0.15, -0.1) is 0 Å². The van der Waals surface area contributed by atoms with Gasteiger partial charge in [0.2, 0.25) is 11.8 Å². The Morgan fingerprint density at radius 1 is 1.11 bits per heavy atom. The smallest absolute Gasteiger partial charge is 0.253 e. The number of nitrogens with one attached hydrogen (secondary N) is 1. The fraction of sp³-hybridized carbons (Fsp3) is 0.591. The summed E-state index contributed by atoms with van der Waals surface area (Å²) in [5.74, 6) is -0.0643. The van der Waals surface area contributed by atoms with E-state index in [2.05, 4.69) is 5.32 Å². The van der Waals surface area contributed by atoms with Crippen molar-refractivity contribution in [1.29, 1.82) is 0 Å². The van der Waals surface area contributed by atoms with Crippen LogP contribution in [-0.2, 0) is 9.59 Å². The first-order chi connectivity index (χ1) is 13.2. The molecule has 1 N–H and O–H groups in total. The molecule has 1 aliphatic rings. The van der Waals surface area contributed by atoms with Crippen molar-refractivity contribution >= 4 is 23.4 Å². The number of carbonyl (C=O) groups excluding carboxylic acids is 3. The van der Waals surface area contributed by atoms with E-state index >= 15 is 0 Å². The molecule has 0 saturated carbocycles. The monoisotopic (exact) mass is 387 g/mol. The third kappa shape index (κ3) is 5.33. The van der Waals surface area contributed by atoms with Gasteiger partial charge >= 0.3 is 0 Å². The summed E-state index contributed by atoms with van der Waals surface area (Å²) in [6, 6.07) is 7.09. The van der Waals surface area contributed by atoms with Gasteiger partial charge in [0.15, 0.2) is 0 Å². The third-order valence-electron chi connectivity index (χ3n) is 5.22. The molecule has 0 unspecified atom stereocenters. The van der Waals surface area contributed by atoms with Gasteiger partial charge in [0.25, 0.3) is 5.91 Å². The highest BCUT2D eigenvalue weighted by molar-refractivity contribution is 5.97. The molecule has 0 radical (unpaired) electrons. The molecule has 1 aromatic rings. The lowest BCUT2D eigenvalue weighted by molar-refractivity contribution is -0.142. The standard InChI is InChI=1S/C22H33N3O3/c1-6-24(7-2)20(27)17-9-8-10-18(15-17)23-19(26)16-11-13-25(14-12-16)21(28)22(3,4)5/h8-10,15-16H,6-7,11-14H2,1-5H3,(H,23,26). The molecule has 1 heterocycles. The second-order valence-corrected chi connectivity index (χ2v) is 8.36. The average Bonchev–Trinajstić information content (AvgIpc) is 2.67. The maximum Gasteiger partial charge on any atom is 0.253 e. The van der Waals surface area contributed by atoms with E-state index in [1.807, 2.05) is 39.5 Å². The number of benzene rings is 1.